The number of thiophene rings is 1. The summed E-state index contributed by atoms with van der Waals surface area (Å²) >= 11 is 1.15. The van der Waals surface area contributed by atoms with Gasteiger partial charge in [0.1, 0.15) is 0 Å². The Bertz CT molecular complexity index is 579. The molecule has 0 aliphatic heterocycles. The summed E-state index contributed by atoms with van der Waals surface area (Å²) in [4.78, 5) is 12.8. The van der Waals surface area contributed by atoms with Crippen molar-refractivity contribution in [3.63, 3.8) is 0 Å². The van der Waals surface area contributed by atoms with Gasteiger partial charge in [0.2, 0.25) is 0 Å². The van der Waals surface area contributed by atoms with Crippen molar-refractivity contribution in [2.24, 2.45) is 11.8 Å². The van der Waals surface area contributed by atoms with Crippen LogP contribution in [0.5, 0.6) is 0 Å². The van der Waals surface area contributed by atoms with Crippen molar-refractivity contribution in [2.75, 3.05) is 6.54 Å². The zero-order valence-corrected chi connectivity index (χ0v) is 12.5. The Balaban J connectivity index is 2.07. The molecule has 100 valence electrons. The summed E-state index contributed by atoms with van der Waals surface area (Å²) in [5.74, 6) is 1.01. The number of hydrogen-bond acceptors (Lipinski definition) is 4. The number of carbonyl (C=O) groups is 1. The molecular formula is C11H14ClNO3S2. The van der Waals surface area contributed by atoms with Gasteiger partial charge in [-0.2, -0.15) is 0 Å². The maximum Gasteiger partial charge on any atom is 0.262 e. The number of nitrogens with one attached hydrogen (secondary N) is 1. The molecule has 0 spiro atoms. The van der Waals surface area contributed by atoms with E-state index in [0.29, 0.717) is 28.1 Å². The molecule has 1 N–H and O–H groups in total. The van der Waals surface area contributed by atoms with Crippen LogP contribution in [0.4, 0.5) is 0 Å². The van der Waals surface area contributed by atoms with Crippen LogP contribution in [-0.2, 0) is 9.05 Å². The fourth-order valence-corrected chi connectivity index (χ4v) is 4.39. The average Bonchev–Trinajstić information content (AvgIpc) is 2.78. The van der Waals surface area contributed by atoms with Crippen molar-refractivity contribution in [3.8, 4) is 0 Å². The largest absolute Gasteiger partial charge is 0.351 e. The lowest BCUT2D eigenvalue weighted by atomic mass is 10.3. The van der Waals surface area contributed by atoms with Crippen LogP contribution in [0.15, 0.2) is 11.0 Å². The minimum Gasteiger partial charge on any atom is -0.351 e. The van der Waals surface area contributed by atoms with E-state index in [4.69, 9.17) is 10.7 Å². The fourth-order valence-electron chi connectivity index (χ4n) is 1.81. The predicted octanol–water partition coefficient (Wildman–Crippen LogP) is 2.37. The normalized spacial score (nSPS) is 22.8. The summed E-state index contributed by atoms with van der Waals surface area (Å²) in [6.07, 6.45) is 1.14. The van der Waals surface area contributed by atoms with Crippen LogP contribution in [0.25, 0.3) is 0 Å². The minimum absolute atomic E-state index is 0.0270. The minimum atomic E-state index is -3.77. The van der Waals surface area contributed by atoms with E-state index in [1.165, 1.54) is 6.07 Å². The molecule has 2 unspecified atom stereocenters. The molecule has 1 aromatic rings. The molecule has 0 radical (unpaired) electrons. The van der Waals surface area contributed by atoms with Gasteiger partial charge >= 0.3 is 0 Å². The van der Waals surface area contributed by atoms with Crippen molar-refractivity contribution >= 4 is 37.0 Å². The summed E-state index contributed by atoms with van der Waals surface area (Å²) in [6, 6.07) is 1.34. The Morgan fingerprint density at radius 3 is 2.67 bits per heavy atom. The first-order valence-corrected chi connectivity index (χ1v) is 8.75. The second-order valence-corrected chi connectivity index (χ2v) is 8.44. The Morgan fingerprint density at radius 1 is 1.61 bits per heavy atom. The highest BCUT2D eigenvalue weighted by Gasteiger charge is 2.32. The molecule has 7 heteroatoms. The van der Waals surface area contributed by atoms with Crippen LogP contribution in [0.3, 0.4) is 0 Å². The van der Waals surface area contributed by atoms with Crippen LogP contribution >= 0.6 is 22.0 Å². The molecule has 2 rings (SSSR count). The first kappa shape index (κ1) is 13.8. The molecule has 0 saturated heterocycles. The van der Waals surface area contributed by atoms with E-state index in [1.54, 1.807) is 6.92 Å². The number of carbonyl (C=O) groups excluding carboxylic acids is 1. The van der Waals surface area contributed by atoms with E-state index in [2.05, 4.69) is 12.2 Å². The smallest absolute Gasteiger partial charge is 0.262 e. The van der Waals surface area contributed by atoms with Gasteiger partial charge in [0.25, 0.3) is 15.0 Å². The van der Waals surface area contributed by atoms with Gasteiger partial charge in [0, 0.05) is 22.1 Å². The van der Waals surface area contributed by atoms with Gasteiger partial charge < -0.3 is 5.32 Å². The highest BCUT2D eigenvalue weighted by Crippen LogP contribution is 2.37. The van der Waals surface area contributed by atoms with Gasteiger partial charge in [0.15, 0.2) is 0 Å². The Hall–Kier alpha value is -0.590. The van der Waals surface area contributed by atoms with Crippen molar-refractivity contribution < 1.29 is 13.2 Å². The standard InChI is InChI=1S/C11H14ClNO3S2/c1-6-3-8(6)5-13-11(14)9-4-10(7(2)17-9)18(12,15)16/h4,6,8H,3,5H2,1-2H3,(H,13,14). The number of halogens is 1. The topological polar surface area (TPSA) is 63.2 Å². The Labute approximate surface area is 115 Å². The molecule has 1 saturated carbocycles. The predicted molar refractivity (Wildman–Crippen MR) is 71.7 cm³/mol. The monoisotopic (exact) mass is 307 g/mol. The quantitative estimate of drug-likeness (QED) is 0.869. The molecule has 0 aromatic carbocycles. The first-order chi connectivity index (χ1) is 8.29. The second kappa shape index (κ2) is 4.83. The van der Waals surface area contributed by atoms with Gasteiger partial charge in [0.05, 0.1) is 9.77 Å². The lowest BCUT2D eigenvalue weighted by Crippen LogP contribution is -2.25. The zero-order valence-electron chi connectivity index (χ0n) is 10.1. The van der Waals surface area contributed by atoms with Crippen LogP contribution in [-0.4, -0.2) is 20.9 Å². The molecule has 1 amide bonds. The molecule has 1 aliphatic carbocycles. The Kier molecular flexibility index (Phi) is 3.71. The number of hydrogen-bond donors (Lipinski definition) is 1. The third-order valence-corrected chi connectivity index (χ3v) is 5.79. The molecule has 0 bridgehead atoms. The lowest BCUT2D eigenvalue weighted by Gasteiger charge is -2.01. The Morgan fingerprint density at radius 2 is 2.22 bits per heavy atom. The van der Waals surface area contributed by atoms with E-state index in [0.717, 1.165) is 17.8 Å². The highest BCUT2D eigenvalue weighted by molar-refractivity contribution is 8.13. The van der Waals surface area contributed by atoms with E-state index < -0.39 is 9.05 Å². The number of aryl methyl sites for hydroxylation is 1. The van der Waals surface area contributed by atoms with Gasteiger partial charge in [-0.3, -0.25) is 4.79 Å². The summed E-state index contributed by atoms with van der Waals surface area (Å²) in [6.45, 7) is 4.43. The van der Waals surface area contributed by atoms with Gasteiger partial charge in [-0.1, -0.05) is 6.92 Å². The number of amides is 1. The van der Waals surface area contributed by atoms with E-state index in [9.17, 15) is 13.2 Å². The average molecular weight is 308 g/mol. The van der Waals surface area contributed by atoms with E-state index >= 15 is 0 Å². The summed E-state index contributed by atoms with van der Waals surface area (Å²) < 4.78 is 22.5. The fraction of sp³-hybridized carbons (Fsp3) is 0.545. The number of rotatable bonds is 4. The van der Waals surface area contributed by atoms with E-state index in [-0.39, 0.29) is 10.8 Å². The van der Waals surface area contributed by atoms with E-state index in [1.807, 2.05) is 0 Å². The summed E-state index contributed by atoms with van der Waals surface area (Å²) in [5.41, 5.74) is 0. The summed E-state index contributed by atoms with van der Waals surface area (Å²) in [5, 5.41) is 2.82. The first-order valence-electron chi connectivity index (χ1n) is 5.62. The van der Waals surface area contributed by atoms with Gasteiger partial charge in [-0.15, -0.1) is 11.3 Å². The van der Waals surface area contributed by atoms with Crippen LogP contribution in [0.1, 0.15) is 27.9 Å². The lowest BCUT2D eigenvalue weighted by molar-refractivity contribution is 0.0955. The van der Waals surface area contributed by atoms with Crippen molar-refractivity contribution in [2.45, 2.75) is 25.2 Å². The highest BCUT2D eigenvalue weighted by atomic mass is 35.7. The third-order valence-electron chi connectivity index (χ3n) is 3.16. The third kappa shape index (κ3) is 3.05. The SMILES string of the molecule is Cc1sc(C(=O)NCC2CC2C)cc1S(=O)(=O)Cl. The van der Waals surface area contributed by atoms with Gasteiger partial charge in [-0.25, -0.2) is 8.42 Å². The molecular weight excluding hydrogens is 294 g/mol. The second-order valence-electron chi connectivity index (χ2n) is 4.65. The van der Waals surface area contributed by atoms with Crippen molar-refractivity contribution in [1.29, 1.82) is 0 Å². The van der Waals surface area contributed by atoms with Crippen molar-refractivity contribution in [1.82, 2.24) is 5.32 Å². The molecule has 1 aromatic heterocycles. The molecule has 2 atom stereocenters. The van der Waals surface area contributed by atoms with Gasteiger partial charge in [-0.05, 0) is 31.2 Å². The maximum absolute atomic E-state index is 11.8. The molecule has 1 aliphatic rings. The van der Waals surface area contributed by atoms with Crippen LogP contribution in [0.2, 0.25) is 0 Å². The van der Waals surface area contributed by atoms with Crippen LogP contribution in [0, 0.1) is 18.8 Å². The molecule has 1 fully saturated rings. The summed E-state index contributed by atoms with van der Waals surface area (Å²) in [7, 11) is 1.51. The molecule has 4 nitrogen and oxygen atoms in total. The molecule has 18 heavy (non-hydrogen) atoms. The van der Waals surface area contributed by atoms with Crippen molar-refractivity contribution in [3.05, 3.63) is 15.8 Å². The molecule has 1 heterocycles. The van der Waals surface area contributed by atoms with Crippen LogP contribution < -0.4 is 5.32 Å². The zero-order chi connectivity index (χ0) is 13.5. The maximum atomic E-state index is 11.8.